The van der Waals surface area contributed by atoms with Crippen molar-refractivity contribution in [2.75, 3.05) is 0 Å². The molecule has 0 aromatic heterocycles. The third-order valence-electron chi connectivity index (χ3n) is 3.73. The Morgan fingerprint density at radius 3 is 2.55 bits per heavy atom. The van der Waals surface area contributed by atoms with Crippen LogP contribution in [0.15, 0.2) is 59.8 Å². The van der Waals surface area contributed by atoms with E-state index in [1.807, 2.05) is 6.07 Å². The summed E-state index contributed by atoms with van der Waals surface area (Å²) in [6.45, 7) is 0. The van der Waals surface area contributed by atoms with Crippen LogP contribution < -0.4 is 0 Å². The van der Waals surface area contributed by atoms with Crippen LogP contribution in [-0.2, 0) is 10.4 Å². The summed E-state index contributed by atoms with van der Waals surface area (Å²) in [7, 11) is 0. The van der Waals surface area contributed by atoms with Crippen LogP contribution in [0.4, 0.5) is 13.2 Å². The Hall–Kier alpha value is -2.30. The molecule has 2 aromatic rings. The van der Waals surface area contributed by atoms with Gasteiger partial charge in [-0.2, -0.15) is 0 Å². The van der Waals surface area contributed by atoms with Gasteiger partial charge in [-0.15, -0.1) is 0 Å². The van der Waals surface area contributed by atoms with Crippen molar-refractivity contribution < 1.29 is 18.0 Å². The summed E-state index contributed by atoms with van der Waals surface area (Å²) in [6.07, 6.45) is -2.80. The summed E-state index contributed by atoms with van der Waals surface area (Å²) in [6, 6.07) is 14.7. The van der Waals surface area contributed by atoms with Crippen molar-refractivity contribution in [3.63, 3.8) is 0 Å². The highest BCUT2D eigenvalue weighted by Gasteiger charge is 2.43. The van der Waals surface area contributed by atoms with Gasteiger partial charge in [-0.1, -0.05) is 47.6 Å². The Balaban J connectivity index is 1.92. The van der Waals surface area contributed by atoms with Gasteiger partial charge in [-0.3, -0.25) is 0 Å². The zero-order valence-electron chi connectivity index (χ0n) is 11.7. The number of halogens is 3. The zero-order valence-corrected chi connectivity index (χ0v) is 11.7. The van der Waals surface area contributed by atoms with Crippen LogP contribution in [0.25, 0.3) is 0 Å². The summed E-state index contributed by atoms with van der Waals surface area (Å²) >= 11 is 0. The Bertz CT molecular complexity index is 687. The molecule has 1 unspecified atom stereocenters. The first kappa shape index (κ1) is 14.6. The van der Waals surface area contributed by atoms with Crippen LogP contribution in [0.3, 0.4) is 0 Å². The van der Waals surface area contributed by atoms with E-state index >= 15 is 0 Å². The molecule has 0 N–H and O–H groups in total. The normalized spacial score (nSPS) is 20.8. The average Bonchev–Trinajstić information content (AvgIpc) is 2.93. The molecule has 1 aliphatic rings. The number of alkyl halides is 2. The van der Waals surface area contributed by atoms with Crippen LogP contribution in [0.2, 0.25) is 0 Å². The number of nitrogens with zero attached hydrogens (tertiary/aromatic N) is 1. The minimum Gasteiger partial charge on any atom is -0.383 e. The standard InChI is InChI=1S/C17H14F3NO/c18-14-8-4-5-12(9-14)15-10-17(22-21-15,11-16(19)20)13-6-2-1-3-7-13/h1-9,16H,10-11H2. The molecule has 0 fully saturated rings. The van der Waals surface area contributed by atoms with Crippen LogP contribution in [0.1, 0.15) is 24.0 Å². The van der Waals surface area contributed by atoms with E-state index in [1.54, 1.807) is 36.4 Å². The fraction of sp³-hybridized carbons (Fsp3) is 0.235. The highest BCUT2D eigenvalue weighted by atomic mass is 19.3. The number of hydrogen-bond acceptors (Lipinski definition) is 2. The molecule has 1 atom stereocenters. The molecule has 0 spiro atoms. The Morgan fingerprint density at radius 1 is 1.09 bits per heavy atom. The van der Waals surface area contributed by atoms with Gasteiger partial charge in [0.15, 0.2) is 5.60 Å². The highest BCUT2D eigenvalue weighted by Crippen LogP contribution is 2.41. The van der Waals surface area contributed by atoms with Crippen LogP contribution in [-0.4, -0.2) is 12.1 Å². The zero-order chi connectivity index (χ0) is 15.6. The summed E-state index contributed by atoms with van der Waals surface area (Å²) in [5.41, 5.74) is 0.471. The molecule has 1 aliphatic heterocycles. The lowest BCUT2D eigenvalue weighted by Gasteiger charge is -2.26. The van der Waals surface area contributed by atoms with Gasteiger partial charge in [0.05, 0.1) is 12.1 Å². The van der Waals surface area contributed by atoms with E-state index in [9.17, 15) is 13.2 Å². The fourth-order valence-corrected chi connectivity index (χ4v) is 2.67. The molecule has 0 aliphatic carbocycles. The number of hydrogen-bond donors (Lipinski definition) is 0. The Labute approximate surface area is 126 Å². The maximum atomic E-state index is 13.3. The summed E-state index contributed by atoms with van der Waals surface area (Å²) < 4.78 is 39.4. The lowest BCUT2D eigenvalue weighted by Crippen LogP contribution is -2.29. The van der Waals surface area contributed by atoms with E-state index in [0.29, 0.717) is 16.8 Å². The lowest BCUT2D eigenvalue weighted by atomic mass is 9.85. The van der Waals surface area contributed by atoms with E-state index < -0.39 is 24.3 Å². The van der Waals surface area contributed by atoms with Crippen LogP contribution in [0.5, 0.6) is 0 Å². The third kappa shape index (κ3) is 2.84. The molecule has 5 heteroatoms. The maximum Gasteiger partial charge on any atom is 0.242 e. The molecule has 2 aromatic carbocycles. The molecule has 2 nitrogen and oxygen atoms in total. The summed E-state index contributed by atoms with van der Waals surface area (Å²) in [5, 5.41) is 3.95. The molecule has 0 saturated carbocycles. The number of benzene rings is 2. The molecule has 22 heavy (non-hydrogen) atoms. The van der Waals surface area contributed by atoms with Gasteiger partial charge in [0, 0.05) is 12.0 Å². The third-order valence-corrected chi connectivity index (χ3v) is 3.73. The number of rotatable bonds is 4. The van der Waals surface area contributed by atoms with Crippen LogP contribution >= 0.6 is 0 Å². The molecule has 0 saturated heterocycles. The van der Waals surface area contributed by atoms with Crippen molar-refractivity contribution in [3.05, 3.63) is 71.5 Å². The van der Waals surface area contributed by atoms with Gasteiger partial charge < -0.3 is 4.84 Å². The van der Waals surface area contributed by atoms with Crippen LogP contribution in [0, 0.1) is 5.82 Å². The first-order valence-electron chi connectivity index (χ1n) is 6.94. The largest absolute Gasteiger partial charge is 0.383 e. The quantitative estimate of drug-likeness (QED) is 0.815. The van der Waals surface area contributed by atoms with Gasteiger partial charge in [-0.25, -0.2) is 13.2 Å². The minimum atomic E-state index is -2.53. The second-order valence-corrected chi connectivity index (χ2v) is 5.27. The average molecular weight is 305 g/mol. The highest BCUT2D eigenvalue weighted by molar-refractivity contribution is 6.01. The SMILES string of the molecule is Fc1cccc(C2=NOC(CC(F)F)(c3ccccc3)C2)c1. The fourth-order valence-electron chi connectivity index (χ4n) is 2.67. The van der Waals surface area contributed by atoms with Crippen molar-refractivity contribution >= 4 is 5.71 Å². The summed E-state index contributed by atoms with van der Waals surface area (Å²) in [5.74, 6) is -0.397. The molecule has 1 heterocycles. The van der Waals surface area contributed by atoms with Gasteiger partial charge >= 0.3 is 0 Å². The van der Waals surface area contributed by atoms with Crippen molar-refractivity contribution in [2.24, 2.45) is 5.16 Å². The van der Waals surface area contributed by atoms with E-state index in [2.05, 4.69) is 5.16 Å². The predicted octanol–water partition coefficient (Wildman–Crippen LogP) is 4.50. The summed E-state index contributed by atoms with van der Waals surface area (Å²) in [4.78, 5) is 5.43. The first-order chi connectivity index (χ1) is 10.6. The van der Waals surface area contributed by atoms with Crippen molar-refractivity contribution in [3.8, 4) is 0 Å². The molecular weight excluding hydrogens is 291 g/mol. The molecular formula is C17H14F3NO. The van der Waals surface area contributed by atoms with Crippen molar-refractivity contribution in [2.45, 2.75) is 24.9 Å². The van der Waals surface area contributed by atoms with E-state index in [1.165, 1.54) is 12.1 Å². The van der Waals surface area contributed by atoms with E-state index in [4.69, 9.17) is 4.84 Å². The van der Waals surface area contributed by atoms with Crippen molar-refractivity contribution in [1.82, 2.24) is 0 Å². The maximum absolute atomic E-state index is 13.3. The first-order valence-corrected chi connectivity index (χ1v) is 6.94. The monoisotopic (exact) mass is 305 g/mol. The smallest absolute Gasteiger partial charge is 0.242 e. The topological polar surface area (TPSA) is 21.6 Å². The second kappa shape index (κ2) is 5.83. The van der Waals surface area contributed by atoms with Gasteiger partial charge in [-0.05, 0) is 17.7 Å². The van der Waals surface area contributed by atoms with Gasteiger partial charge in [0.1, 0.15) is 5.82 Å². The molecule has 0 bridgehead atoms. The lowest BCUT2D eigenvalue weighted by molar-refractivity contribution is -0.0650. The van der Waals surface area contributed by atoms with Gasteiger partial charge in [0.2, 0.25) is 6.43 Å². The van der Waals surface area contributed by atoms with Crippen molar-refractivity contribution in [1.29, 1.82) is 0 Å². The molecule has 0 amide bonds. The Kier molecular flexibility index (Phi) is 3.88. The second-order valence-electron chi connectivity index (χ2n) is 5.27. The Morgan fingerprint density at radius 2 is 1.86 bits per heavy atom. The molecule has 114 valence electrons. The molecule has 3 rings (SSSR count). The van der Waals surface area contributed by atoms with E-state index in [0.717, 1.165) is 0 Å². The number of oxime groups is 1. The molecule has 0 radical (unpaired) electrons. The predicted molar refractivity (Wildman–Crippen MR) is 77.4 cm³/mol. The van der Waals surface area contributed by atoms with E-state index in [-0.39, 0.29) is 6.42 Å². The minimum absolute atomic E-state index is 0.185. The van der Waals surface area contributed by atoms with Gasteiger partial charge in [0.25, 0.3) is 0 Å².